The number of carbonyl (C=O) groups excluding carboxylic acids is 1. The van der Waals surface area contributed by atoms with E-state index >= 15 is 0 Å². The zero-order chi connectivity index (χ0) is 23.0. The van der Waals surface area contributed by atoms with Gasteiger partial charge in [-0.3, -0.25) is 4.90 Å². The lowest BCUT2D eigenvalue weighted by molar-refractivity contribution is -0.0198. The van der Waals surface area contributed by atoms with Gasteiger partial charge in [-0.15, -0.1) is 22.7 Å². The zero-order valence-corrected chi connectivity index (χ0v) is 21.9. The van der Waals surface area contributed by atoms with Gasteiger partial charge in [-0.25, -0.2) is 9.78 Å². The van der Waals surface area contributed by atoms with Crippen molar-refractivity contribution in [2.45, 2.75) is 51.4 Å². The number of carbonyl (C=O) groups is 1. The number of halogens is 2. The van der Waals surface area contributed by atoms with Crippen molar-refractivity contribution in [2.75, 3.05) is 18.1 Å². The molecule has 6 nitrogen and oxygen atoms in total. The molecule has 32 heavy (non-hydrogen) atoms. The highest BCUT2D eigenvalue weighted by atomic mass is 79.9. The first-order chi connectivity index (χ1) is 15.1. The summed E-state index contributed by atoms with van der Waals surface area (Å²) in [6, 6.07) is 5.64. The van der Waals surface area contributed by atoms with E-state index in [-0.39, 0.29) is 11.1 Å². The number of ether oxygens (including phenoxy) is 2. The first-order valence-corrected chi connectivity index (χ1v) is 13.1. The fraction of sp³-hybridized carbons (Fsp3) is 0.455. The van der Waals surface area contributed by atoms with Gasteiger partial charge in [-0.1, -0.05) is 17.7 Å². The third-order valence-corrected chi connectivity index (χ3v) is 8.47. The monoisotopic (exact) mass is 558 g/mol. The van der Waals surface area contributed by atoms with Crippen LogP contribution in [0.15, 0.2) is 28.1 Å². The summed E-state index contributed by atoms with van der Waals surface area (Å²) < 4.78 is 12.7. The van der Waals surface area contributed by atoms with E-state index in [9.17, 15) is 9.90 Å². The van der Waals surface area contributed by atoms with Crippen LogP contribution in [0.4, 0.5) is 10.5 Å². The number of aromatic nitrogens is 1. The second-order valence-electron chi connectivity index (χ2n) is 8.61. The van der Waals surface area contributed by atoms with E-state index in [0.29, 0.717) is 37.4 Å². The van der Waals surface area contributed by atoms with Crippen LogP contribution in [-0.2, 0) is 16.0 Å². The summed E-state index contributed by atoms with van der Waals surface area (Å²) in [7, 11) is 0. The van der Waals surface area contributed by atoms with Gasteiger partial charge in [0.1, 0.15) is 10.8 Å². The fourth-order valence-corrected chi connectivity index (χ4v) is 6.79. The average Bonchev–Trinajstić information content (AvgIpc) is 3.33. The van der Waals surface area contributed by atoms with Gasteiger partial charge in [0.2, 0.25) is 0 Å². The van der Waals surface area contributed by atoms with Gasteiger partial charge in [0.05, 0.1) is 39.6 Å². The molecule has 1 saturated heterocycles. The maximum absolute atomic E-state index is 13.3. The second kappa shape index (κ2) is 9.56. The third-order valence-electron chi connectivity index (χ3n) is 5.02. The van der Waals surface area contributed by atoms with Crippen molar-refractivity contribution in [2.24, 2.45) is 0 Å². The lowest BCUT2D eigenvalue weighted by atomic mass is 9.95. The van der Waals surface area contributed by atoms with Gasteiger partial charge < -0.3 is 14.6 Å². The summed E-state index contributed by atoms with van der Waals surface area (Å²) in [6.45, 7) is 6.77. The van der Waals surface area contributed by atoms with Crippen LogP contribution in [0.5, 0.6) is 0 Å². The molecule has 0 saturated carbocycles. The molecule has 1 fully saturated rings. The smallest absolute Gasteiger partial charge is 0.415 e. The summed E-state index contributed by atoms with van der Waals surface area (Å²) in [5, 5.41) is 12.8. The molecule has 0 aromatic carbocycles. The van der Waals surface area contributed by atoms with Crippen LogP contribution in [0.25, 0.3) is 10.2 Å². The normalized spacial score (nSPS) is 19.3. The predicted octanol–water partition coefficient (Wildman–Crippen LogP) is 6.58. The lowest BCUT2D eigenvalue weighted by Crippen LogP contribution is -2.36. The molecule has 1 aliphatic heterocycles. The van der Waals surface area contributed by atoms with Crippen LogP contribution in [0.2, 0.25) is 5.15 Å². The number of nitrogens with zero attached hydrogens (tertiary/aromatic N) is 2. The zero-order valence-electron chi connectivity index (χ0n) is 17.9. The first-order valence-electron chi connectivity index (χ1n) is 10.2. The molecule has 2 unspecified atom stereocenters. The Morgan fingerprint density at radius 1 is 1.47 bits per heavy atom. The van der Waals surface area contributed by atoms with Gasteiger partial charge in [0, 0.05) is 28.3 Å². The Labute approximate surface area is 208 Å². The second-order valence-corrected chi connectivity index (χ2v) is 11.9. The molecule has 172 valence electrons. The van der Waals surface area contributed by atoms with Crippen molar-refractivity contribution in [3.05, 3.63) is 43.0 Å². The molecule has 0 radical (unpaired) electrons. The highest BCUT2D eigenvalue weighted by Crippen LogP contribution is 2.46. The molecule has 4 rings (SSSR count). The number of amides is 1. The van der Waals surface area contributed by atoms with E-state index in [1.54, 1.807) is 22.3 Å². The summed E-state index contributed by atoms with van der Waals surface area (Å²) in [6.07, 6.45) is -0.340. The van der Waals surface area contributed by atoms with Crippen molar-refractivity contribution >= 4 is 72.2 Å². The van der Waals surface area contributed by atoms with Crippen molar-refractivity contribution in [1.82, 2.24) is 4.98 Å². The average molecular weight is 560 g/mol. The standard InChI is InChI=1S/C22H24BrClN2O4S2/c1-22(2,3)30-21(28)26(10-12-5-4-8-31-12)14-9-16(24)25-18-17(23)19(32-20(14)18)13-6-7-29-11-15(13)27/h4-5,8-9,13,15,27H,6-7,10-11H2,1-3H3. The number of hydrogen-bond acceptors (Lipinski definition) is 7. The Kier molecular flexibility index (Phi) is 7.14. The third kappa shape index (κ3) is 5.13. The number of rotatable bonds is 4. The Morgan fingerprint density at radius 2 is 2.25 bits per heavy atom. The van der Waals surface area contributed by atoms with E-state index in [1.165, 1.54) is 11.3 Å². The number of pyridine rings is 1. The van der Waals surface area contributed by atoms with Crippen molar-refractivity contribution in [3.63, 3.8) is 0 Å². The number of fused-ring (bicyclic) bond motifs is 1. The molecule has 2 atom stereocenters. The SMILES string of the molecule is CC(C)(C)OC(=O)N(Cc1cccs1)c1cc(Cl)nc2c(Br)c(C3CCOCC3O)sc12. The Bertz CT molecular complexity index is 1110. The largest absolute Gasteiger partial charge is 0.443 e. The van der Waals surface area contributed by atoms with Gasteiger partial charge >= 0.3 is 6.09 Å². The quantitative estimate of drug-likeness (QED) is 0.366. The van der Waals surface area contributed by atoms with Crippen LogP contribution >= 0.6 is 50.2 Å². The van der Waals surface area contributed by atoms with E-state index in [0.717, 1.165) is 18.9 Å². The van der Waals surface area contributed by atoms with Gasteiger partial charge in [0.25, 0.3) is 0 Å². The summed E-state index contributed by atoms with van der Waals surface area (Å²) >= 11 is 13.2. The van der Waals surface area contributed by atoms with E-state index in [4.69, 9.17) is 21.1 Å². The van der Waals surface area contributed by atoms with Crippen LogP contribution in [0.3, 0.4) is 0 Å². The van der Waals surface area contributed by atoms with Gasteiger partial charge in [0.15, 0.2) is 0 Å². The highest BCUT2D eigenvalue weighted by Gasteiger charge is 2.32. The minimum Gasteiger partial charge on any atom is -0.443 e. The molecule has 1 amide bonds. The number of anilines is 1. The Morgan fingerprint density at radius 3 is 2.91 bits per heavy atom. The minimum absolute atomic E-state index is 0.0729. The molecular formula is C22H24BrClN2O4S2. The Balaban J connectivity index is 1.83. The molecule has 0 bridgehead atoms. The van der Waals surface area contributed by atoms with E-state index in [2.05, 4.69) is 20.9 Å². The Hall–Kier alpha value is -1.23. The molecular weight excluding hydrogens is 536 g/mol. The van der Waals surface area contributed by atoms with Gasteiger partial charge in [-0.2, -0.15) is 0 Å². The summed E-state index contributed by atoms with van der Waals surface area (Å²) in [5.74, 6) is -0.0729. The van der Waals surface area contributed by atoms with Crippen molar-refractivity contribution in [3.8, 4) is 0 Å². The molecule has 3 aromatic rings. The number of hydrogen-bond donors (Lipinski definition) is 1. The maximum Gasteiger partial charge on any atom is 0.415 e. The lowest BCUT2D eigenvalue weighted by Gasteiger charge is -2.27. The molecule has 1 N–H and O–H groups in total. The topological polar surface area (TPSA) is 71.9 Å². The van der Waals surface area contributed by atoms with Crippen LogP contribution in [0, 0.1) is 0 Å². The van der Waals surface area contributed by atoms with Crippen molar-refractivity contribution in [1.29, 1.82) is 0 Å². The molecule has 4 heterocycles. The summed E-state index contributed by atoms with van der Waals surface area (Å²) in [4.78, 5) is 21.4. The van der Waals surface area contributed by atoms with Crippen LogP contribution in [0.1, 0.15) is 42.9 Å². The molecule has 0 aliphatic carbocycles. The number of aliphatic hydroxyl groups is 1. The molecule has 0 spiro atoms. The van der Waals surface area contributed by atoms with E-state index < -0.39 is 17.8 Å². The van der Waals surface area contributed by atoms with Crippen molar-refractivity contribution < 1.29 is 19.4 Å². The molecule has 3 aromatic heterocycles. The van der Waals surface area contributed by atoms with Crippen LogP contribution in [-0.4, -0.2) is 41.1 Å². The maximum atomic E-state index is 13.3. The molecule has 1 aliphatic rings. The number of thiophene rings is 2. The van der Waals surface area contributed by atoms with Crippen LogP contribution < -0.4 is 4.90 Å². The number of aliphatic hydroxyl groups excluding tert-OH is 1. The highest BCUT2D eigenvalue weighted by molar-refractivity contribution is 9.10. The summed E-state index contributed by atoms with van der Waals surface area (Å²) in [5.41, 5.74) is 0.667. The fourth-order valence-electron chi connectivity index (χ4n) is 3.60. The first kappa shape index (κ1) is 23.9. The molecule has 10 heteroatoms. The minimum atomic E-state index is -0.645. The van der Waals surface area contributed by atoms with Gasteiger partial charge in [-0.05, 0) is 54.6 Å². The predicted molar refractivity (Wildman–Crippen MR) is 133 cm³/mol. The van der Waals surface area contributed by atoms with E-state index in [1.807, 2.05) is 38.3 Å².